The Balaban J connectivity index is 0.00000212. The predicted octanol–water partition coefficient (Wildman–Crippen LogP) is 14.1. The summed E-state index contributed by atoms with van der Waals surface area (Å²) in [5, 5.41) is 0. The lowest BCUT2D eigenvalue weighted by molar-refractivity contribution is 0.346. The van der Waals surface area contributed by atoms with Crippen molar-refractivity contribution >= 4 is 34.1 Å². The summed E-state index contributed by atoms with van der Waals surface area (Å²) in [6, 6.07) is 54.3. The van der Waals surface area contributed by atoms with Gasteiger partial charge in [-0.15, -0.1) is 0 Å². The highest BCUT2D eigenvalue weighted by Crippen LogP contribution is 2.47. The molecule has 7 rings (SSSR count). The van der Waals surface area contributed by atoms with E-state index in [0.717, 1.165) is 0 Å². The van der Waals surface area contributed by atoms with Crippen molar-refractivity contribution in [2.75, 3.05) is 9.80 Å². The summed E-state index contributed by atoms with van der Waals surface area (Å²) in [6.07, 6.45) is 6.15. The van der Waals surface area contributed by atoms with Crippen molar-refractivity contribution in [3.8, 4) is 0 Å². The van der Waals surface area contributed by atoms with Crippen molar-refractivity contribution in [3.05, 3.63) is 179 Å². The van der Waals surface area contributed by atoms with E-state index in [0.29, 0.717) is 0 Å². The molecule has 0 spiro atoms. The molecule has 6 aromatic rings. The molecule has 50 heavy (non-hydrogen) atoms. The van der Waals surface area contributed by atoms with Crippen molar-refractivity contribution in [1.29, 1.82) is 0 Å². The number of benzene rings is 6. The van der Waals surface area contributed by atoms with E-state index in [1.54, 1.807) is 0 Å². The smallest absolute Gasteiger partial charge is 0.0461 e. The molecule has 2 heteroatoms. The number of rotatable bonds is 8. The molecule has 0 unspecified atom stereocenters. The molecule has 1 fully saturated rings. The third-order valence-corrected chi connectivity index (χ3v) is 10.2. The van der Waals surface area contributed by atoms with Crippen LogP contribution in [-0.2, 0) is 5.41 Å². The van der Waals surface area contributed by atoms with Gasteiger partial charge in [-0.2, -0.15) is 0 Å². The number of hydrogen-bond donors (Lipinski definition) is 0. The van der Waals surface area contributed by atoms with E-state index in [1.165, 1.54) is 99.6 Å². The first-order valence-corrected chi connectivity index (χ1v) is 18.5. The fraction of sp³-hybridized carbons (Fsp3) is 0.250. The van der Waals surface area contributed by atoms with Gasteiger partial charge >= 0.3 is 0 Å². The molecule has 2 nitrogen and oxygen atoms in total. The third-order valence-electron chi connectivity index (χ3n) is 10.2. The van der Waals surface area contributed by atoms with Crippen LogP contribution in [0.5, 0.6) is 0 Å². The normalized spacial score (nSPS) is 13.6. The molecule has 0 saturated heterocycles. The summed E-state index contributed by atoms with van der Waals surface area (Å²) in [5.41, 5.74) is 15.0. The average molecular weight is 657 g/mol. The lowest BCUT2D eigenvalue weighted by Crippen LogP contribution is -2.30. The van der Waals surface area contributed by atoms with E-state index < -0.39 is 0 Å². The van der Waals surface area contributed by atoms with Gasteiger partial charge in [0.05, 0.1) is 0 Å². The summed E-state index contributed by atoms with van der Waals surface area (Å²) in [4.78, 5) is 4.74. The predicted molar refractivity (Wildman–Crippen MR) is 216 cm³/mol. The van der Waals surface area contributed by atoms with E-state index in [2.05, 4.69) is 183 Å². The van der Waals surface area contributed by atoms with Crippen molar-refractivity contribution in [1.82, 2.24) is 0 Å². The van der Waals surface area contributed by atoms with Gasteiger partial charge in [-0.25, -0.2) is 0 Å². The molecule has 0 aromatic heterocycles. The average Bonchev–Trinajstić information content (AvgIpc) is 3.16. The van der Waals surface area contributed by atoms with Gasteiger partial charge in [0.2, 0.25) is 0 Å². The van der Waals surface area contributed by atoms with E-state index in [-0.39, 0.29) is 5.41 Å². The molecule has 0 radical (unpaired) electrons. The summed E-state index contributed by atoms with van der Waals surface area (Å²) >= 11 is 0. The maximum Gasteiger partial charge on any atom is 0.0461 e. The molecule has 0 amide bonds. The minimum absolute atomic E-state index is 0.00636. The lowest BCUT2D eigenvalue weighted by Gasteiger charge is -2.39. The fourth-order valence-corrected chi connectivity index (χ4v) is 7.43. The Labute approximate surface area is 301 Å². The molecule has 0 aliphatic heterocycles. The standard InChI is InChI=1S/C46H46N2.C2H6/c1-34-8-20-40(21-9-34)47(41-22-10-35(2)11-23-41)44-28-16-38(17-29-44)46(32-6-5-7-33-46)39-18-30-45(31-19-39)48(42-24-12-36(3)13-25-42)43-26-14-37(4)15-27-43;1-2/h8-31H,5-7,32-33H2,1-4H3;1-2H3. The second-order valence-electron chi connectivity index (χ2n) is 13.7. The molecule has 1 aliphatic rings. The first-order valence-electron chi connectivity index (χ1n) is 18.5. The molecule has 6 aromatic carbocycles. The van der Waals surface area contributed by atoms with Gasteiger partial charge in [-0.1, -0.05) is 128 Å². The van der Waals surface area contributed by atoms with E-state index in [9.17, 15) is 0 Å². The highest BCUT2D eigenvalue weighted by molar-refractivity contribution is 5.78. The number of aryl methyl sites for hydroxylation is 4. The first-order chi connectivity index (χ1) is 24.4. The van der Waals surface area contributed by atoms with Crippen molar-refractivity contribution in [3.63, 3.8) is 0 Å². The van der Waals surface area contributed by atoms with Crippen LogP contribution < -0.4 is 9.80 Å². The van der Waals surface area contributed by atoms with Crippen LogP contribution in [0.3, 0.4) is 0 Å². The minimum Gasteiger partial charge on any atom is -0.311 e. The number of anilines is 6. The summed E-state index contributed by atoms with van der Waals surface area (Å²) in [6.45, 7) is 12.6. The highest BCUT2D eigenvalue weighted by Gasteiger charge is 2.36. The zero-order chi connectivity index (χ0) is 35.1. The summed E-state index contributed by atoms with van der Waals surface area (Å²) in [7, 11) is 0. The largest absolute Gasteiger partial charge is 0.311 e. The Hall–Kier alpha value is -5.08. The maximum atomic E-state index is 2.40. The van der Waals surface area contributed by atoms with Crippen LogP contribution in [0.25, 0.3) is 0 Å². The third kappa shape index (κ3) is 7.41. The van der Waals surface area contributed by atoms with Crippen LogP contribution in [-0.4, -0.2) is 0 Å². The Morgan fingerprint density at radius 2 is 0.540 bits per heavy atom. The van der Waals surface area contributed by atoms with Crippen LogP contribution in [0, 0.1) is 27.7 Å². The van der Waals surface area contributed by atoms with Crippen molar-refractivity contribution in [2.45, 2.75) is 79.1 Å². The summed E-state index contributed by atoms with van der Waals surface area (Å²) in [5.74, 6) is 0. The monoisotopic (exact) mass is 656 g/mol. The fourth-order valence-electron chi connectivity index (χ4n) is 7.43. The van der Waals surface area contributed by atoms with E-state index >= 15 is 0 Å². The molecule has 1 aliphatic carbocycles. The number of nitrogens with zero attached hydrogens (tertiary/aromatic N) is 2. The van der Waals surface area contributed by atoms with E-state index in [4.69, 9.17) is 0 Å². The molecule has 254 valence electrons. The van der Waals surface area contributed by atoms with Crippen LogP contribution in [0.15, 0.2) is 146 Å². The zero-order valence-corrected chi connectivity index (χ0v) is 30.8. The Kier molecular flexibility index (Phi) is 10.9. The van der Waals surface area contributed by atoms with Gasteiger partial charge in [0.1, 0.15) is 0 Å². The Bertz CT molecular complexity index is 1700. The topological polar surface area (TPSA) is 6.48 Å². The molecule has 0 bridgehead atoms. The number of hydrogen-bond acceptors (Lipinski definition) is 2. The van der Waals surface area contributed by atoms with Crippen LogP contribution in [0.2, 0.25) is 0 Å². The van der Waals surface area contributed by atoms with Crippen molar-refractivity contribution in [2.24, 2.45) is 0 Å². The van der Waals surface area contributed by atoms with Crippen LogP contribution >= 0.6 is 0 Å². The van der Waals surface area contributed by atoms with E-state index in [1.807, 2.05) is 13.8 Å². The van der Waals surface area contributed by atoms with Gasteiger partial charge in [0, 0.05) is 39.5 Å². The molecule has 1 saturated carbocycles. The molecule has 0 atom stereocenters. The zero-order valence-electron chi connectivity index (χ0n) is 30.8. The Morgan fingerprint density at radius 3 is 0.780 bits per heavy atom. The quantitative estimate of drug-likeness (QED) is 0.161. The van der Waals surface area contributed by atoms with Gasteiger partial charge < -0.3 is 9.80 Å². The SMILES string of the molecule is CC.Cc1ccc(N(c2ccc(C)cc2)c2ccc(C3(c4ccc(N(c5ccc(C)cc5)c5ccc(C)cc5)cc4)CCCCC3)cc2)cc1. The second kappa shape index (κ2) is 15.6. The van der Waals surface area contributed by atoms with Crippen molar-refractivity contribution < 1.29 is 0 Å². The van der Waals surface area contributed by atoms with Gasteiger partial charge in [-0.05, 0) is 124 Å². The van der Waals surface area contributed by atoms with Gasteiger partial charge in [0.15, 0.2) is 0 Å². The highest BCUT2D eigenvalue weighted by atomic mass is 15.1. The molecular formula is C48H52N2. The van der Waals surface area contributed by atoms with Crippen LogP contribution in [0.4, 0.5) is 34.1 Å². The lowest BCUT2D eigenvalue weighted by atomic mass is 9.65. The van der Waals surface area contributed by atoms with Gasteiger partial charge in [0.25, 0.3) is 0 Å². The summed E-state index contributed by atoms with van der Waals surface area (Å²) < 4.78 is 0. The molecular weight excluding hydrogens is 605 g/mol. The Morgan fingerprint density at radius 1 is 0.320 bits per heavy atom. The maximum absolute atomic E-state index is 2.40. The molecule has 0 heterocycles. The van der Waals surface area contributed by atoms with Crippen LogP contribution in [0.1, 0.15) is 79.3 Å². The minimum atomic E-state index is 0.00636. The molecule has 0 N–H and O–H groups in total. The van der Waals surface area contributed by atoms with Gasteiger partial charge in [-0.3, -0.25) is 0 Å². The first kappa shape index (κ1) is 34.8. The second-order valence-corrected chi connectivity index (χ2v) is 13.7.